The predicted molar refractivity (Wildman–Crippen MR) is 153 cm³/mol. The number of carbonyl (C=O) groups excluding carboxylic acids is 1. The fraction of sp³-hybridized carbons (Fsp3) is 0.606. The number of amides is 1. The lowest BCUT2D eigenvalue weighted by atomic mass is 9.57. The molecule has 1 aliphatic heterocycles. The molecule has 2 aromatic rings. The van der Waals surface area contributed by atoms with Crippen LogP contribution in [0.2, 0.25) is 0 Å². The summed E-state index contributed by atoms with van der Waals surface area (Å²) in [5, 5.41) is 0. The molecule has 0 unspecified atom stereocenters. The Kier molecular flexibility index (Phi) is 9.70. The minimum absolute atomic E-state index is 0.120. The maximum Gasteiger partial charge on any atom is 0.222 e. The van der Waals surface area contributed by atoms with E-state index >= 15 is 0 Å². The van der Waals surface area contributed by atoms with Crippen LogP contribution >= 0.6 is 0 Å². The van der Waals surface area contributed by atoms with Crippen molar-refractivity contribution in [2.45, 2.75) is 83.1 Å². The Bertz CT molecular complexity index is 991. The van der Waals surface area contributed by atoms with Gasteiger partial charge in [0, 0.05) is 31.0 Å². The summed E-state index contributed by atoms with van der Waals surface area (Å²) >= 11 is 0. The Morgan fingerprint density at radius 1 is 1.08 bits per heavy atom. The van der Waals surface area contributed by atoms with Gasteiger partial charge < -0.3 is 14.5 Å². The normalized spacial score (nSPS) is 24.0. The number of likely N-dealkylation sites (tertiary alicyclic amines) is 1. The Morgan fingerprint density at radius 3 is 2.65 bits per heavy atom. The topological polar surface area (TPSA) is 32.8 Å². The van der Waals surface area contributed by atoms with E-state index in [0.717, 1.165) is 70.3 Å². The SMILES string of the molecule is COc1cccc([C@@]23CCN(C)C[C@H]2CC[C@@H](N(CC(C)C)C(=O)CCCCCc2ccccc2)C3)c1. The van der Waals surface area contributed by atoms with Gasteiger partial charge in [-0.15, -0.1) is 0 Å². The summed E-state index contributed by atoms with van der Waals surface area (Å²) in [6.45, 7) is 7.62. The number of methoxy groups -OCH3 is 1. The van der Waals surface area contributed by atoms with E-state index < -0.39 is 0 Å². The molecule has 37 heavy (non-hydrogen) atoms. The Labute approximate surface area is 225 Å². The first-order valence-corrected chi connectivity index (χ1v) is 14.6. The molecule has 0 spiro atoms. The van der Waals surface area contributed by atoms with Crippen molar-refractivity contribution < 1.29 is 9.53 Å². The van der Waals surface area contributed by atoms with Crippen molar-refractivity contribution in [2.24, 2.45) is 11.8 Å². The van der Waals surface area contributed by atoms with Crippen LogP contribution in [0, 0.1) is 11.8 Å². The van der Waals surface area contributed by atoms with Crippen LogP contribution in [0.4, 0.5) is 0 Å². The zero-order chi connectivity index (χ0) is 26.3. The molecule has 0 bridgehead atoms. The van der Waals surface area contributed by atoms with E-state index in [-0.39, 0.29) is 5.41 Å². The standard InChI is InChI=1S/C33H48N2O2/c1-26(2)24-35(32(36)17-10-6-9-14-27-12-7-5-8-13-27)30-19-18-29-25-34(3)21-20-33(29,23-30)28-15-11-16-31(22-28)37-4/h5,7-8,11-13,15-16,22,26,29-30H,6,9-10,14,17-21,23-25H2,1-4H3/t29-,30-,33+/m1/s1. The van der Waals surface area contributed by atoms with Gasteiger partial charge in [0.1, 0.15) is 5.75 Å². The number of benzene rings is 2. The number of aryl methyl sites for hydroxylation is 1. The molecule has 2 aliphatic rings. The summed E-state index contributed by atoms with van der Waals surface area (Å²) in [5.74, 6) is 2.41. The summed E-state index contributed by atoms with van der Waals surface area (Å²) in [7, 11) is 4.02. The molecular weight excluding hydrogens is 456 g/mol. The van der Waals surface area contributed by atoms with Gasteiger partial charge in [-0.25, -0.2) is 0 Å². The van der Waals surface area contributed by atoms with Gasteiger partial charge in [-0.3, -0.25) is 4.79 Å². The largest absolute Gasteiger partial charge is 0.497 e. The highest BCUT2D eigenvalue weighted by atomic mass is 16.5. The number of hydrogen-bond acceptors (Lipinski definition) is 3. The molecule has 202 valence electrons. The molecule has 1 heterocycles. The van der Waals surface area contributed by atoms with Gasteiger partial charge in [0.05, 0.1) is 7.11 Å². The molecule has 0 aromatic heterocycles. The number of ether oxygens (including phenoxy) is 1. The number of hydrogen-bond donors (Lipinski definition) is 0. The van der Waals surface area contributed by atoms with Crippen LogP contribution in [0.3, 0.4) is 0 Å². The lowest BCUT2D eigenvalue weighted by Gasteiger charge is -2.54. The minimum atomic E-state index is 0.120. The first kappa shape index (κ1) is 27.7. The van der Waals surface area contributed by atoms with Crippen molar-refractivity contribution in [3.05, 3.63) is 65.7 Å². The van der Waals surface area contributed by atoms with Crippen LogP contribution in [-0.2, 0) is 16.6 Å². The zero-order valence-electron chi connectivity index (χ0n) is 23.6. The average Bonchev–Trinajstić information content (AvgIpc) is 2.91. The Hall–Kier alpha value is -2.33. The number of carbonyl (C=O) groups is 1. The van der Waals surface area contributed by atoms with E-state index in [9.17, 15) is 4.79 Å². The van der Waals surface area contributed by atoms with Crippen molar-refractivity contribution in [3.63, 3.8) is 0 Å². The van der Waals surface area contributed by atoms with Gasteiger partial charge in [0.2, 0.25) is 5.91 Å². The van der Waals surface area contributed by atoms with E-state index in [1.165, 1.54) is 17.5 Å². The van der Waals surface area contributed by atoms with Gasteiger partial charge in [-0.1, -0.05) is 62.7 Å². The molecule has 3 atom stereocenters. The molecule has 1 saturated heterocycles. The molecule has 2 aromatic carbocycles. The number of piperidine rings is 1. The highest BCUT2D eigenvalue weighted by molar-refractivity contribution is 5.76. The van der Waals surface area contributed by atoms with Crippen molar-refractivity contribution in [2.75, 3.05) is 33.8 Å². The maximum absolute atomic E-state index is 13.7. The Balaban J connectivity index is 1.45. The first-order chi connectivity index (χ1) is 17.9. The van der Waals surface area contributed by atoms with E-state index in [1.54, 1.807) is 7.11 Å². The van der Waals surface area contributed by atoms with Gasteiger partial charge in [0.25, 0.3) is 0 Å². The second-order valence-corrected chi connectivity index (χ2v) is 12.0. The van der Waals surface area contributed by atoms with E-state index in [0.29, 0.717) is 30.2 Å². The average molecular weight is 505 g/mol. The molecule has 4 rings (SSSR count). The number of unbranched alkanes of at least 4 members (excludes halogenated alkanes) is 2. The molecule has 4 heteroatoms. The van der Waals surface area contributed by atoms with E-state index in [4.69, 9.17) is 4.74 Å². The van der Waals surface area contributed by atoms with Gasteiger partial charge in [-0.2, -0.15) is 0 Å². The van der Waals surface area contributed by atoms with Crippen LogP contribution < -0.4 is 4.74 Å². The first-order valence-electron chi connectivity index (χ1n) is 14.6. The zero-order valence-corrected chi connectivity index (χ0v) is 23.6. The van der Waals surface area contributed by atoms with Crippen LogP contribution in [0.1, 0.15) is 76.3 Å². The lowest BCUT2D eigenvalue weighted by Crippen LogP contribution is -2.56. The van der Waals surface area contributed by atoms with Gasteiger partial charge >= 0.3 is 0 Å². The second kappa shape index (κ2) is 13.0. The van der Waals surface area contributed by atoms with Gasteiger partial charge in [-0.05, 0) is 93.6 Å². The van der Waals surface area contributed by atoms with E-state index in [2.05, 4.69) is 85.3 Å². The minimum Gasteiger partial charge on any atom is -0.497 e. The van der Waals surface area contributed by atoms with Crippen LogP contribution in [-0.4, -0.2) is 55.5 Å². The third-order valence-electron chi connectivity index (χ3n) is 8.87. The smallest absolute Gasteiger partial charge is 0.222 e. The lowest BCUT2D eigenvalue weighted by molar-refractivity contribution is -0.136. The number of nitrogens with zero attached hydrogens (tertiary/aromatic N) is 2. The predicted octanol–water partition coefficient (Wildman–Crippen LogP) is 6.72. The van der Waals surface area contributed by atoms with Crippen LogP contribution in [0.25, 0.3) is 0 Å². The van der Waals surface area contributed by atoms with Crippen molar-refractivity contribution in [3.8, 4) is 5.75 Å². The molecule has 1 amide bonds. The summed E-state index contributed by atoms with van der Waals surface area (Å²) in [5.41, 5.74) is 2.93. The van der Waals surface area contributed by atoms with Crippen LogP contribution in [0.15, 0.2) is 54.6 Å². The molecule has 1 aliphatic carbocycles. The number of rotatable bonds is 11. The molecule has 0 radical (unpaired) electrons. The van der Waals surface area contributed by atoms with Gasteiger partial charge in [0.15, 0.2) is 0 Å². The molecular formula is C33H48N2O2. The summed E-state index contributed by atoms with van der Waals surface area (Å²) in [6, 6.07) is 19.8. The fourth-order valence-corrected chi connectivity index (χ4v) is 6.90. The van der Waals surface area contributed by atoms with Crippen LogP contribution in [0.5, 0.6) is 5.75 Å². The summed E-state index contributed by atoms with van der Waals surface area (Å²) < 4.78 is 5.63. The quantitative estimate of drug-likeness (QED) is 0.318. The maximum atomic E-state index is 13.7. The molecule has 0 N–H and O–H groups in total. The van der Waals surface area contributed by atoms with E-state index in [1.807, 2.05) is 0 Å². The Morgan fingerprint density at radius 2 is 1.89 bits per heavy atom. The molecule has 2 fully saturated rings. The van der Waals surface area contributed by atoms with Crippen molar-refractivity contribution in [1.29, 1.82) is 0 Å². The highest BCUT2D eigenvalue weighted by Gasteiger charge is 2.49. The highest BCUT2D eigenvalue weighted by Crippen LogP contribution is 2.50. The molecule has 4 nitrogen and oxygen atoms in total. The fourth-order valence-electron chi connectivity index (χ4n) is 6.90. The van der Waals surface area contributed by atoms with Crippen molar-refractivity contribution in [1.82, 2.24) is 9.80 Å². The summed E-state index contributed by atoms with van der Waals surface area (Å²) in [6.07, 6.45) is 9.57. The third kappa shape index (κ3) is 6.96. The van der Waals surface area contributed by atoms with Crippen molar-refractivity contribution >= 4 is 5.91 Å². The monoisotopic (exact) mass is 504 g/mol. The summed E-state index contributed by atoms with van der Waals surface area (Å²) in [4.78, 5) is 18.4. The number of fused-ring (bicyclic) bond motifs is 1. The third-order valence-corrected chi connectivity index (χ3v) is 8.87. The molecule has 1 saturated carbocycles. The second-order valence-electron chi connectivity index (χ2n) is 12.0.